The Kier molecular flexibility index (Phi) is 52.0. The second-order valence-corrected chi connectivity index (χ2v) is 17.0. The molecule has 0 fully saturated rings. The molecule has 0 radical (unpaired) electrons. The van der Waals surface area contributed by atoms with Crippen LogP contribution in [0.1, 0.15) is 213 Å². The van der Waals surface area contributed by atoms with Gasteiger partial charge in [-0.25, -0.2) is 0 Å². The summed E-state index contributed by atoms with van der Waals surface area (Å²) >= 11 is 0. The van der Waals surface area contributed by atoms with Crippen molar-refractivity contribution in [2.24, 2.45) is 0 Å². The van der Waals surface area contributed by atoms with E-state index in [1.165, 1.54) is 51.4 Å². The van der Waals surface area contributed by atoms with Crippen LogP contribution >= 0.6 is 0 Å². The van der Waals surface area contributed by atoms with E-state index in [1.807, 2.05) is 0 Å². The van der Waals surface area contributed by atoms with E-state index in [1.54, 1.807) is 0 Å². The number of hydrogen-bond donors (Lipinski definition) is 0. The molecule has 0 saturated heterocycles. The van der Waals surface area contributed by atoms with Crippen LogP contribution in [0.2, 0.25) is 0 Å². The number of unbranched alkanes of at least 4 members (excludes halogenated alkanes) is 14. The van der Waals surface area contributed by atoms with E-state index < -0.39 is 6.10 Å². The van der Waals surface area contributed by atoms with E-state index in [9.17, 15) is 9.59 Å². The van der Waals surface area contributed by atoms with E-state index in [0.717, 1.165) is 128 Å². The maximum atomic E-state index is 12.8. The highest BCUT2D eigenvalue weighted by Crippen LogP contribution is 2.11. The zero-order valence-corrected chi connectivity index (χ0v) is 42.7. The molecule has 1 unspecified atom stereocenters. The molecule has 0 saturated carbocycles. The number of esters is 2. The second kappa shape index (κ2) is 55.4. The molecule has 1 atom stereocenters. The second-order valence-electron chi connectivity index (χ2n) is 17.0. The number of carbonyl (C=O) groups is 2. The molecule has 0 heterocycles. The summed E-state index contributed by atoms with van der Waals surface area (Å²) in [4.78, 5) is 25.4. The van der Waals surface area contributed by atoms with Crippen LogP contribution < -0.4 is 0 Å². The molecule has 0 spiro atoms. The van der Waals surface area contributed by atoms with Gasteiger partial charge in [-0.1, -0.05) is 199 Å². The van der Waals surface area contributed by atoms with Gasteiger partial charge >= 0.3 is 11.9 Å². The smallest absolute Gasteiger partial charge is 0.306 e. The first-order valence-electron chi connectivity index (χ1n) is 26.7. The fraction of sp³-hybridized carbons (Fsp3) is 0.607. The van der Waals surface area contributed by atoms with E-state index in [4.69, 9.17) is 14.2 Å². The van der Waals surface area contributed by atoms with Gasteiger partial charge in [-0.15, -0.1) is 0 Å². The van der Waals surface area contributed by atoms with Crippen LogP contribution in [0.3, 0.4) is 0 Å². The summed E-state index contributed by atoms with van der Waals surface area (Å²) < 4.78 is 17.4. The Bertz CT molecular complexity index is 1400. The van der Waals surface area contributed by atoms with Crippen LogP contribution in [-0.4, -0.2) is 37.9 Å². The van der Waals surface area contributed by atoms with Gasteiger partial charge in [0.25, 0.3) is 0 Å². The van der Waals surface area contributed by atoms with E-state index in [2.05, 4.69) is 154 Å². The van der Waals surface area contributed by atoms with E-state index >= 15 is 0 Å². The zero-order chi connectivity index (χ0) is 47.7. The molecule has 372 valence electrons. The third-order valence-electron chi connectivity index (χ3n) is 10.7. The van der Waals surface area contributed by atoms with Crippen molar-refractivity contribution in [3.8, 4) is 0 Å². The summed E-state index contributed by atoms with van der Waals surface area (Å²) in [5, 5.41) is 0. The summed E-state index contributed by atoms with van der Waals surface area (Å²) in [6, 6.07) is 0. The number of rotatable bonds is 47. The van der Waals surface area contributed by atoms with Gasteiger partial charge in [0.1, 0.15) is 6.61 Å². The Labute approximate surface area is 407 Å². The van der Waals surface area contributed by atoms with Gasteiger partial charge in [0.15, 0.2) is 6.10 Å². The first-order valence-corrected chi connectivity index (χ1v) is 26.7. The topological polar surface area (TPSA) is 61.8 Å². The van der Waals surface area contributed by atoms with Crippen molar-refractivity contribution in [3.63, 3.8) is 0 Å². The SMILES string of the molecule is CC/C=C\C/C=C\C/C=C\C/C=C\C/C=C\CCCCCC(=O)OCC(COCCCCCCCC/C=C\C/C=C\CCCCC)OC(=O)CCCC/C=C\C/C=C\C/C=C\C/C=C\CC. The molecule has 5 heteroatoms. The highest BCUT2D eigenvalue weighted by atomic mass is 16.6. The van der Waals surface area contributed by atoms with Crippen molar-refractivity contribution in [1.82, 2.24) is 0 Å². The molecule has 0 bridgehead atoms. The van der Waals surface area contributed by atoms with E-state index in [-0.39, 0.29) is 25.2 Å². The minimum atomic E-state index is -0.587. The largest absolute Gasteiger partial charge is 0.462 e. The minimum Gasteiger partial charge on any atom is -0.462 e. The minimum absolute atomic E-state index is 0.0380. The molecule has 0 amide bonds. The van der Waals surface area contributed by atoms with Crippen LogP contribution in [-0.2, 0) is 23.8 Å². The van der Waals surface area contributed by atoms with Gasteiger partial charge < -0.3 is 14.2 Å². The predicted octanol–water partition coefficient (Wildman–Crippen LogP) is 18.3. The third-order valence-corrected chi connectivity index (χ3v) is 10.7. The maximum absolute atomic E-state index is 12.8. The normalized spacial score (nSPS) is 13.3. The van der Waals surface area contributed by atoms with Gasteiger partial charge in [0.05, 0.1) is 6.61 Å². The average molecular weight is 911 g/mol. The molecule has 0 aliphatic carbocycles. The number of carbonyl (C=O) groups excluding carboxylic acids is 2. The fourth-order valence-corrected chi connectivity index (χ4v) is 6.73. The number of ether oxygens (including phenoxy) is 3. The average Bonchev–Trinajstić information content (AvgIpc) is 3.32. The van der Waals surface area contributed by atoms with Crippen molar-refractivity contribution in [1.29, 1.82) is 0 Å². The van der Waals surface area contributed by atoms with Crippen molar-refractivity contribution in [2.75, 3.05) is 19.8 Å². The molecule has 0 aliphatic heterocycles. The lowest BCUT2D eigenvalue weighted by molar-refractivity contribution is -0.163. The molecular weight excluding hydrogens is 813 g/mol. The lowest BCUT2D eigenvalue weighted by atomic mass is 10.1. The fourth-order valence-electron chi connectivity index (χ4n) is 6.73. The lowest BCUT2D eigenvalue weighted by Gasteiger charge is -2.18. The Morgan fingerprint density at radius 2 is 0.682 bits per heavy atom. The first-order chi connectivity index (χ1) is 32.6. The summed E-state index contributed by atoms with van der Waals surface area (Å²) in [7, 11) is 0. The lowest BCUT2D eigenvalue weighted by Crippen LogP contribution is -2.30. The summed E-state index contributed by atoms with van der Waals surface area (Å²) in [5.74, 6) is -0.498. The molecule has 0 aromatic rings. The molecule has 5 nitrogen and oxygen atoms in total. The molecule has 0 N–H and O–H groups in total. The highest BCUT2D eigenvalue weighted by molar-refractivity contribution is 5.70. The standard InChI is InChI=1S/C61H98O5/c1-4-7-10-13-16-19-22-25-28-30-31-32-34-36-39-42-45-48-51-54-60(62)65-58-59(57-64-56-53-50-47-44-41-38-35-29-26-23-20-17-14-11-8-5-2)66-61(63)55-52-49-46-43-40-37-33-27-24-21-18-15-12-9-6-3/h7,9-10,12,16-21,25-29,31-33,36,39-40,43,59H,4-6,8,11,13-15,22-24,30,34-35,37-38,41-42,44-58H2,1-3H3/b10-7-,12-9-,19-16-,20-17-,21-18-,28-25-,29-26-,32-31-,33-27-,39-36-,43-40-. The van der Waals surface area contributed by atoms with Gasteiger partial charge in [0, 0.05) is 19.4 Å². The van der Waals surface area contributed by atoms with Crippen LogP contribution in [0.4, 0.5) is 0 Å². The van der Waals surface area contributed by atoms with Crippen molar-refractivity contribution in [3.05, 3.63) is 134 Å². The van der Waals surface area contributed by atoms with Crippen LogP contribution in [0.25, 0.3) is 0 Å². The van der Waals surface area contributed by atoms with Gasteiger partial charge in [0.2, 0.25) is 0 Å². The molecule has 0 aromatic carbocycles. The number of hydrogen-bond acceptors (Lipinski definition) is 5. The van der Waals surface area contributed by atoms with Crippen molar-refractivity contribution in [2.45, 2.75) is 219 Å². The van der Waals surface area contributed by atoms with Crippen molar-refractivity contribution < 1.29 is 23.8 Å². The zero-order valence-electron chi connectivity index (χ0n) is 42.7. The monoisotopic (exact) mass is 911 g/mol. The molecule has 0 aromatic heterocycles. The summed E-state index contributed by atoms with van der Waals surface area (Å²) in [6.45, 7) is 7.45. The Morgan fingerprint density at radius 1 is 0.348 bits per heavy atom. The Morgan fingerprint density at radius 3 is 1.12 bits per heavy atom. The molecular formula is C61H98O5. The van der Waals surface area contributed by atoms with Crippen LogP contribution in [0, 0.1) is 0 Å². The first kappa shape index (κ1) is 62.0. The maximum Gasteiger partial charge on any atom is 0.306 e. The number of allylic oxidation sites excluding steroid dienone is 22. The van der Waals surface area contributed by atoms with Gasteiger partial charge in [-0.2, -0.15) is 0 Å². The quantitative estimate of drug-likeness (QED) is 0.0346. The third kappa shape index (κ3) is 52.7. The Balaban J connectivity index is 4.45. The summed E-state index contributed by atoms with van der Waals surface area (Å²) in [6.07, 6.45) is 78.9. The Hall–Kier alpha value is -3.96. The summed E-state index contributed by atoms with van der Waals surface area (Å²) in [5.41, 5.74) is 0. The molecule has 66 heavy (non-hydrogen) atoms. The van der Waals surface area contributed by atoms with E-state index in [0.29, 0.717) is 19.4 Å². The predicted molar refractivity (Wildman–Crippen MR) is 288 cm³/mol. The van der Waals surface area contributed by atoms with Gasteiger partial charge in [-0.05, 0) is 135 Å². The van der Waals surface area contributed by atoms with Crippen LogP contribution in [0.15, 0.2) is 134 Å². The van der Waals surface area contributed by atoms with Gasteiger partial charge in [-0.3, -0.25) is 9.59 Å². The van der Waals surface area contributed by atoms with Crippen LogP contribution in [0.5, 0.6) is 0 Å². The highest BCUT2D eigenvalue weighted by Gasteiger charge is 2.17. The molecule has 0 rings (SSSR count). The van der Waals surface area contributed by atoms with Crippen molar-refractivity contribution >= 4 is 11.9 Å². The molecule has 0 aliphatic rings.